The van der Waals surface area contributed by atoms with E-state index >= 15 is 0 Å². The van der Waals surface area contributed by atoms with Crippen molar-refractivity contribution in [3.8, 4) is 6.07 Å². The maximum Gasteiger partial charge on any atom is 0.234 e. The highest BCUT2D eigenvalue weighted by Gasteiger charge is 1.97. The van der Waals surface area contributed by atoms with Gasteiger partial charge in [0.05, 0.1) is 12.1 Å². The van der Waals surface area contributed by atoms with Gasteiger partial charge in [-0.1, -0.05) is 0 Å². The Kier molecular flexibility index (Phi) is 3.21. The van der Waals surface area contributed by atoms with E-state index in [2.05, 4.69) is 4.99 Å². The molecule has 0 aliphatic carbocycles. The Balaban J connectivity index is 2.53. The first-order chi connectivity index (χ1) is 5.86. The summed E-state index contributed by atoms with van der Waals surface area (Å²) in [4.78, 5) is 14.2. The smallest absolute Gasteiger partial charge is 0.211 e. The number of hydrogen-bond acceptors (Lipinski definition) is 4. The van der Waals surface area contributed by atoms with Crippen LogP contribution in [0.4, 0.5) is 0 Å². The predicted molar refractivity (Wildman–Crippen MR) is 45.7 cm³/mol. The van der Waals surface area contributed by atoms with Gasteiger partial charge in [0.25, 0.3) is 0 Å². The second-order valence-corrected chi connectivity index (χ2v) is 3.13. The first-order valence-corrected chi connectivity index (χ1v) is 4.26. The highest BCUT2D eigenvalue weighted by atomic mass is 32.1. The summed E-state index contributed by atoms with van der Waals surface area (Å²) in [5, 5.41) is 10.3. The van der Waals surface area contributed by atoms with Gasteiger partial charge in [0, 0.05) is 16.7 Å². The second kappa shape index (κ2) is 4.45. The van der Waals surface area contributed by atoms with E-state index in [0.717, 1.165) is 4.88 Å². The van der Waals surface area contributed by atoms with Crippen molar-refractivity contribution < 1.29 is 4.79 Å². The predicted octanol–water partition coefficient (Wildman–Crippen LogP) is 1.50. The molecule has 0 N–H and O–H groups in total. The van der Waals surface area contributed by atoms with Crippen LogP contribution in [-0.4, -0.2) is 12.6 Å². The zero-order chi connectivity index (χ0) is 8.81. The maximum atomic E-state index is 9.72. The Bertz CT molecular complexity index is 344. The Hall–Kier alpha value is -1.43. The van der Waals surface area contributed by atoms with E-state index in [9.17, 15) is 4.79 Å². The first kappa shape index (κ1) is 8.66. The van der Waals surface area contributed by atoms with E-state index < -0.39 is 0 Å². The van der Waals surface area contributed by atoms with Gasteiger partial charge in [-0.15, -0.1) is 11.3 Å². The summed E-state index contributed by atoms with van der Waals surface area (Å²) in [5.74, 6) is 0. The van der Waals surface area contributed by atoms with Gasteiger partial charge in [-0.25, -0.2) is 9.79 Å². The van der Waals surface area contributed by atoms with E-state index in [4.69, 9.17) is 5.26 Å². The zero-order valence-corrected chi connectivity index (χ0v) is 7.10. The van der Waals surface area contributed by atoms with Crippen LogP contribution in [0, 0.1) is 11.3 Å². The molecule has 3 nitrogen and oxygen atoms in total. The molecule has 0 aliphatic rings. The van der Waals surface area contributed by atoms with Crippen LogP contribution >= 0.6 is 11.3 Å². The van der Waals surface area contributed by atoms with Crippen molar-refractivity contribution in [3.05, 3.63) is 21.9 Å². The lowest BCUT2D eigenvalue weighted by molar-refractivity contribution is 0.563. The minimum absolute atomic E-state index is 0.453. The van der Waals surface area contributed by atoms with Crippen molar-refractivity contribution in [1.82, 2.24) is 0 Å². The SMILES string of the molecule is N#Cc1csc(CCN=C=O)c1. The number of carbonyl (C=O) groups excluding carboxylic acids is 1. The molecule has 1 heterocycles. The standard InChI is InChI=1S/C8H6N2OS/c9-4-7-3-8(12-5-7)1-2-10-6-11/h3,5H,1-2H2. The molecule has 12 heavy (non-hydrogen) atoms. The van der Waals surface area contributed by atoms with E-state index in [1.807, 2.05) is 12.1 Å². The molecule has 1 rings (SSSR count). The quantitative estimate of drug-likeness (QED) is 0.520. The van der Waals surface area contributed by atoms with Gasteiger partial charge in [0.2, 0.25) is 6.08 Å². The molecule has 60 valence electrons. The lowest BCUT2D eigenvalue weighted by Gasteiger charge is -1.86. The number of aliphatic imine (C=N–C) groups is 1. The number of hydrogen-bond donors (Lipinski definition) is 0. The van der Waals surface area contributed by atoms with E-state index in [-0.39, 0.29) is 0 Å². The molecule has 0 atom stereocenters. The van der Waals surface area contributed by atoms with Crippen LogP contribution in [0.5, 0.6) is 0 Å². The van der Waals surface area contributed by atoms with Crippen LogP contribution in [0.2, 0.25) is 0 Å². The molecule has 4 heteroatoms. The van der Waals surface area contributed by atoms with Crippen molar-refractivity contribution in [2.24, 2.45) is 4.99 Å². The third-order valence-corrected chi connectivity index (χ3v) is 2.31. The lowest BCUT2D eigenvalue weighted by Crippen LogP contribution is -1.83. The van der Waals surface area contributed by atoms with Crippen LogP contribution in [0.3, 0.4) is 0 Å². The molecule has 0 fully saturated rings. The molecule has 0 saturated carbocycles. The highest BCUT2D eigenvalue weighted by Crippen LogP contribution is 2.13. The fourth-order valence-electron chi connectivity index (χ4n) is 0.782. The summed E-state index contributed by atoms with van der Waals surface area (Å²) in [6.45, 7) is 0.453. The number of rotatable bonds is 3. The molecule has 0 saturated heterocycles. The molecule has 0 amide bonds. The molecule has 1 aromatic heterocycles. The van der Waals surface area contributed by atoms with E-state index in [1.54, 1.807) is 5.38 Å². The van der Waals surface area contributed by atoms with Gasteiger partial charge in [-0.05, 0) is 6.07 Å². The number of nitrogens with zero attached hydrogens (tertiary/aromatic N) is 2. The molecule has 0 radical (unpaired) electrons. The fourth-order valence-corrected chi connectivity index (χ4v) is 1.59. The third kappa shape index (κ3) is 2.31. The van der Waals surface area contributed by atoms with Gasteiger partial charge in [-0.3, -0.25) is 0 Å². The molecule has 0 spiro atoms. The Morgan fingerprint density at radius 1 is 1.67 bits per heavy atom. The van der Waals surface area contributed by atoms with Crippen molar-refractivity contribution >= 4 is 17.4 Å². The van der Waals surface area contributed by atoms with Crippen molar-refractivity contribution in [1.29, 1.82) is 5.26 Å². The summed E-state index contributed by atoms with van der Waals surface area (Å²) in [6, 6.07) is 3.85. The van der Waals surface area contributed by atoms with Crippen LogP contribution in [-0.2, 0) is 11.2 Å². The van der Waals surface area contributed by atoms with Gasteiger partial charge < -0.3 is 0 Å². The molecule has 0 unspecified atom stereocenters. The summed E-state index contributed by atoms with van der Waals surface area (Å²) in [5.41, 5.74) is 0.671. The Labute approximate surface area is 74.0 Å². The summed E-state index contributed by atoms with van der Waals surface area (Å²) < 4.78 is 0. The third-order valence-electron chi connectivity index (χ3n) is 1.32. The second-order valence-electron chi connectivity index (χ2n) is 2.14. The van der Waals surface area contributed by atoms with Crippen molar-refractivity contribution in [3.63, 3.8) is 0 Å². The zero-order valence-electron chi connectivity index (χ0n) is 6.28. The molecule has 0 aliphatic heterocycles. The highest BCUT2D eigenvalue weighted by molar-refractivity contribution is 7.10. The maximum absolute atomic E-state index is 9.72. The van der Waals surface area contributed by atoms with E-state index in [0.29, 0.717) is 18.5 Å². The number of isocyanates is 1. The summed E-state index contributed by atoms with van der Waals surface area (Å²) in [7, 11) is 0. The topological polar surface area (TPSA) is 53.2 Å². The summed E-state index contributed by atoms with van der Waals surface area (Å²) in [6.07, 6.45) is 2.18. The normalized spacial score (nSPS) is 8.58. The van der Waals surface area contributed by atoms with Crippen molar-refractivity contribution in [2.45, 2.75) is 6.42 Å². The van der Waals surface area contributed by atoms with Crippen LogP contribution in [0.15, 0.2) is 16.4 Å². The largest absolute Gasteiger partial charge is 0.234 e. The average Bonchev–Trinajstić information content (AvgIpc) is 2.53. The first-order valence-electron chi connectivity index (χ1n) is 3.38. The molecular weight excluding hydrogens is 172 g/mol. The van der Waals surface area contributed by atoms with Crippen LogP contribution < -0.4 is 0 Å². The minimum atomic E-state index is 0.453. The van der Waals surface area contributed by atoms with Gasteiger partial charge >= 0.3 is 0 Å². The Morgan fingerprint density at radius 2 is 2.50 bits per heavy atom. The number of thiophene rings is 1. The molecule has 0 bridgehead atoms. The van der Waals surface area contributed by atoms with Crippen LogP contribution in [0.1, 0.15) is 10.4 Å². The van der Waals surface area contributed by atoms with Crippen molar-refractivity contribution in [2.75, 3.05) is 6.54 Å². The van der Waals surface area contributed by atoms with E-state index in [1.165, 1.54) is 17.4 Å². The monoisotopic (exact) mass is 178 g/mol. The Morgan fingerprint density at radius 3 is 3.08 bits per heavy atom. The van der Waals surface area contributed by atoms with Gasteiger partial charge in [-0.2, -0.15) is 5.26 Å². The number of nitriles is 1. The minimum Gasteiger partial charge on any atom is -0.211 e. The lowest BCUT2D eigenvalue weighted by atomic mass is 10.3. The molecular formula is C8H6N2OS. The molecule has 0 aromatic carbocycles. The van der Waals surface area contributed by atoms with Gasteiger partial charge in [0.15, 0.2) is 0 Å². The fraction of sp³-hybridized carbons (Fsp3) is 0.250. The average molecular weight is 178 g/mol. The van der Waals surface area contributed by atoms with Gasteiger partial charge in [0.1, 0.15) is 6.07 Å². The van der Waals surface area contributed by atoms with Crippen LogP contribution in [0.25, 0.3) is 0 Å². The molecule has 1 aromatic rings. The summed E-state index contributed by atoms with van der Waals surface area (Å²) >= 11 is 1.51.